The molecular weight excluding hydrogens is 447 g/mol. The molecule has 0 aliphatic rings. The Morgan fingerprint density at radius 3 is 2.90 bits per heavy atom. The Labute approximate surface area is 184 Å². The molecule has 0 bridgehead atoms. The average Bonchev–Trinajstić information content (AvgIpc) is 3.48. The first-order valence-electron chi connectivity index (χ1n) is 9.20. The van der Waals surface area contributed by atoms with Gasteiger partial charge < -0.3 is 5.32 Å². The highest BCUT2D eigenvalue weighted by Crippen LogP contribution is 2.29. The highest BCUT2D eigenvalue weighted by Gasteiger charge is 2.21. The highest BCUT2D eigenvalue weighted by atomic mass is 35.5. The summed E-state index contributed by atoms with van der Waals surface area (Å²) in [7, 11) is 0. The molecule has 0 spiro atoms. The van der Waals surface area contributed by atoms with E-state index >= 15 is 0 Å². The zero-order chi connectivity index (χ0) is 22.0. The van der Waals surface area contributed by atoms with E-state index in [1.165, 1.54) is 34.5 Å². The van der Waals surface area contributed by atoms with Crippen LogP contribution >= 0.6 is 22.9 Å². The van der Waals surface area contributed by atoms with Crippen molar-refractivity contribution in [2.24, 2.45) is 0 Å². The largest absolute Gasteiger partial charge is 0.313 e. The van der Waals surface area contributed by atoms with Crippen molar-refractivity contribution in [3.63, 3.8) is 0 Å². The van der Waals surface area contributed by atoms with E-state index in [1.54, 1.807) is 29.1 Å². The maximum absolute atomic E-state index is 14.0. The van der Waals surface area contributed by atoms with Crippen LogP contribution in [-0.2, 0) is 6.54 Å². The lowest BCUT2D eigenvalue weighted by molar-refractivity contribution is -0.385. The molecule has 4 aromatic rings. The van der Waals surface area contributed by atoms with E-state index in [4.69, 9.17) is 11.6 Å². The normalized spacial score (nSPS) is 12.1. The summed E-state index contributed by atoms with van der Waals surface area (Å²) in [5.74, 6) is 0.119. The molecule has 0 saturated heterocycles. The third-order valence-electron chi connectivity index (χ3n) is 4.49. The summed E-state index contributed by atoms with van der Waals surface area (Å²) < 4.78 is 17.1. The van der Waals surface area contributed by atoms with Gasteiger partial charge >= 0.3 is 5.69 Å². The van der Waals surface area contributed by atoms with Crippen molar-refractivity contribution in [2.75, 3.05) is 5.32 Å². The molecule has 0 radical (unpaired) electrons. The lowest BCUT2D eigenvalue weighted by atomic mass is 10.2. The first kappa shape index (κ1) is 20.9. The minimum absolute atomic E-state index is 0.0817. The zero-order valence-electron chi connectivity index (χ0n) is 16.1. The van der Waals surface area contributed by atoms with Crippen LogP contribution in [0.2, 0.25) is 5.02 Å². The Kier molecular flexibility index (Phi) is 5.91. The molecule has 0 aliphatic carbocycles. The molecule has 4 rings (SSSR count). The minimum atomic E-state index is -0.492. The van der Waals surface area contributed by atoms with Crippen molar-refractivity contribution in [1.82, 2.24) is 29.8 Å². The van der Waals surface area contributed by atoms with Crippen molar-refractivity contribution in [3.8, 4) is 0 Å². The van der Waals surface area contributed by atoms with Crippen molar-refractivity contribution < 1.29 is 9.31 Å². The summed E-state index contributed by atoms with van der Waals surface area (Å²) in [4.78, 5) is 10.4. The van der Waals surface area contributed by atoms with E-state index in [1.807, 2.05) is 6.92 Å². The molecule has 0 amide bonds. The second-order valence-corrected chi connectivity index (χ2v) is 7.95. The van der Waals surface area contributed by atoms with Crippen molar-refractivity contribution in [3.05, 3.63) is 74.4 Å². The smallest absolute Gasteiger partial charge is 0.307 e. The summed E-state index contributed by atoms with van der Waals surface area (Å²) in [6.45, 7) is 2.12. The Balaban J connectivity index is 1.47. The van der Waals surface area contributed by atoms with Crippen molar-refractivity contribution >= 4 is 39.6 Å². The Hall–Kier alpha value is -3.38. The van der Waals surface area contributed by atoms with E-state index < -0.39 is 10.7 Å². The van der Waals surface area contributed by atoms with Gasteiger partial charge in [0, 0.05) is 22.8 Å². The molecular formula is C18H16ClFN8O2S. The first-order chi connectivity index (χ1) is 14.9. The van der Waals surface area contributed by atoms with E-state index in [2.05, 4.69) is 25.7 Å². The van der Waals surface area contributed by atoms with Gasteiger partial charge in [-0.1, -0.05) is 35.9 Å². The number of halogens is 2. The predicted octanol–water partition coefficient (Wildman–Crippen LogP) is 4.42. The van der Waals surface area contributed by atoms with Gasteiger partial charge in [-0.2, -0.15) is 10.2 Å². The number of nitrogens with one attached hydrogen (secondary N) is 1. The van der Waals surface area contributed by atoms with Gasteiger partial charge in [0.1, 0.15) is 29.3 Å². The fourth-order valence-corrected chi connectivity index (χ4v) is 4.11. The number of rotatable bonds is 8. The predicted molar refractivity (Wildman–Crippen MR) is 113 cm³/mol. The van der Waals surface area contributed by atoms with Crippen molar-refractivity contribution in [2.45, 2.75) is 25.9 Å². The van der Waals surface area contributed by atoms with Crippen LogP contribution in [0, 0.1) is 15.9 Å². The molecule has 3 heterocycles. The second kappa shape index (κ2) is 8.78. The average molecular weight is 463 g/mol. The van der Waals surface area contributed by atoms with Gasteiger partial charge in [-0.25, -0.2) is 4.39 Å². The fraction of sp³-hybridized carbons (Fsp3) is 0.222. The first-order valence-corrected chi connectivity index (χ1v) is 10.4. The highest BCUT2D eigenvalue weighted by molar-refractivity contribution is 7.15. The van der Waals surface area contributed by atoms with Crippen LogP contribution in [0.15, 0.2) is 42.9 Å². The second-order valence-electron chi connectivity index (χ2n) is 6.53. The quantitative estimate of drug-likeness (QED) is 0.304. The van der Waals surface area contributed by atoms with E-state index in [0.29, 0.717) is 33.0 Å². The molecule has 1 atom stereocenters. The molecule has 0 unspecified atom stereocenters. The number of aromatic nitrogens is 6. The van der Waals surface area contributed by atoms with Gasteiger partial charge in [0.25, 0.3) is 0 Å². The lowest BCUT2D eigenvalue weighted by Gasteiger charge is -2.10. The fourth-order valence-electron chi connectivity index (χ4n) is 2.96. The standard InChI is InChI=1S/C18H16ClFN8O2S/c1-2-15(27-9-11(8-21-27)28(29)30)17-23-24-18(31-17)22-16-6-7-26(25-16)10-12-13(19)4-3-5-14(12)20/h3-9,15H,2,10H2,1H3,(H,22,24,25)/t15-/m1/s1. The number of hydrogen-bond acceptors (Lipinski definition) is 8. The van der Waals surface area contributed by atoms with Gasteiger partial charge in [-0.3, -0.25) is 19.5 Å². The van der Waals surface area contributed by atoms with Gasteiger partial charge in [0.05, 0.1) is 11.5 Å². The van der Waals surface area contributed by atoms with E-state index in [0.717, 1.165) is 0 Å². The maximum atomic E-state index is 14.0. The number of nitro groups is 1. The summed E-state index contributed by atoms with van der Waals surface area (Å²) >= 11 is 7.37. The Morgan fingerprint density at radius 2 is 2.19 bits per heavy atom. The van der Waals surface area contributed by atoms with Crippen LogP contribution in [-0.4, -0.2) is 34.7 Å². The topological polar surface area (TPSA) is 117 Å². The van der Waals surface area contributed by atoms with Crippen LogP contribution in [0.5, 0.6) is 0 Å². The third-order valence-corrected chi connectivity index (χ3v) is 5.78. The van der Waals surface area contributed by atoms with Gasteiger partial charge in [0.2, 0.25) is 5.13 Å². The minimum Gasteiger partial charge on any atom is -0.313 e. The Morgan fingerprint density at radius 1 is 1.35 bits per heavy atom. The van der Waals surface area contributed by atoms with E-state index in [-0.39, 0.29) is 18.3 Å². The lowest BCUT2D eigenvalue weighted by Crippen LogP contribution is -2.09. The molecule has 1 aromatic carbocycles. The Bertz CT molecular complexity index is 1200. The summed E-state index contributed by atoms with van der Waals surface area (Å²) in [5, 5.41) is 32.2. The zero-order valence-corrected chi connectivity index (χ0v) is 17.7. The molecule has 3 aromatic heterocycles. The number of benzene rings is 1. The van der Waals surface area contributed by atoms with Gasteiger partial charge in [-0.15, -0.1) is 10.2 Å². The van der Waals surface area contributed by atoms with Crippen LogP contribution in [0.1, 0.15) is 30.0 Å². The molecule has 31 heavy (non-hydrogen) atoms. The third kappa shape index (κ3) is 4.54. The molecule has 1 N–H and O–H groups in total. The van der Waals surface area contributed by atoms with Crippen LogP contribution in [0.4, 0.5) is 21.0 Å². The van der Waals surface area contributed by atoms with Crippen LogP contribution in [0.3, 0.4) is 0 Å². The molecule has 10 nitrogen and oxygen atoms in total. The monoisotopic (exact) mass is 462 g/mol. The maximum Gasteiger partial charge on any atom is 0.307 e. The number of hydrogen-bond donors (Lipinski definition) is 1. The summed E-state index contributed by atoms with van der Waals surface area (Å²) in [5.41, 5.74) is 0.276. The summed E-state index contributed by atoms with van der Waals surface area (Å²) in [6.07, 6.45) is 4.91. The SMILES string of the molecule is CC[C@H](c1nnc(Nc2ccn(Cc3c(F)cccc3Cl)n2)s1)n1cc([N+](=O)[O-])cn1. The number of anilines is 2. The van der Waals surface area contributed by atoms with Crippen LogP contribution in [0.25, 0.3) is 0 Å². The number of nitrogens with zero attached hydrogens (tertiary/aromatic N) is 7. The van der Waals surface area contributed by atoms with Crippen LogP contribution < -0.4 is 5.32 Å². The van der Waals surface area contributed by atoms with Crippen molar-refractivity contribution in [1.29, 1.82) is 0 Å². The van der Waals surface area contributed by atoms with E-state index in [9.17, 15) is 14.5 Å². The molecule has 13 heteroatoms. The molecule has 160 valence electrons. The van der Waals surface area contributed by atoms with Gasteiger partial charge in [-0.05, 0) is 18.6 Å². The molecule has 0 fully saturated rings. The molecule has 0 saturated carbocycles. The summed E-state index contributed by atoms with van der Waals surface area (Å²) in [6, 6.07) is 5.98. The van der Waals surface area contributed by atoms with Gasteiger partial charge in [0.15, 0.2) is 5.82 Å². The molecule has 0 aliphatic heterocycles.